The Kier molecular flexibility index (Phi) is 6.31. The number of rotatable bonds is 6. The van der Waals surface area contributed by atoms with Crippen molar-refractivity contribution in [2.75, 3.05) is 32.8 Å². The monoisotopic (exact) mass is 283 g/mol. The number of ether oxygens (including phenoxy) is 1. The fourth-order valence-electron chi connectivity index (χ4n) is 3.74. The quantitative estimate of drug-likeness (QED) is 0.813. The fraction of sp³-hybridized carbons (Fsp3) is 1.00. The smallest absolute Gasteiger partial charge is 0.0601 e. The zero-order valence-electron chi connectivity index (χ0n) is 13.4. The number of aliphatic hydroxyl groups is 1. The Bertz CT molecular complexity index is 268. The molecule has 20 heavy (non-hydrogen) atoms. The van der Waals surface area contributed by atoms with Crippen LogP contribution < -0.4 is 0 Å². The fourth-order valence-corrected chi connectivity index (χ4v) is 3.74. The van der Waals surface area contributed by atoms with Crippen LogP contribution in [0.15, 0.2) is 0 Å². The van der Waals surface area contributed by atoms with Crippen LogP contribution in [0.3, 0.4) is 0 Å². The predicted octanol–water partition coefficient (Wildman–Crippen LogP) is 3.07. The van der Waals surface area contributed by atoms with Crippen LogP contribution in [0, 0.1) is 11.3 Å². The first-order chi connectivity index (χ1) is 9.69. The Balaban J connectivity index is 1.63. The summed E-state index contributed by atoms with van der Waals surface area (Å²) in [6.07, 6.45) is 9.20. The molecule has 2 atom stereocenters. The van der Waals surface area contributed by atoms with Gasteiger partial charge in [-0.25, -0.2) is 0 Å². The van der Waals surface area contributed by atoms with Crippen LogP contribution in [0.1, 0.15) is 58.8 Å². The second-order valence-corrected chi connectivity index (χ2v) is 7.02. The highest BCUT2D eigenvalue weighted by Crippen LogP contribution is 2.34. The summed E-state index contributed by atoms with van der Waals surface area (Å²) in [5.74, 6) is 0.743. The molecule has 0 aromatic heterocycles. The summed E-state index contributed by atoms with van der Waals surface area (Å²) >= 11 is 0. The van der Waals surface area contributed by atoms with E-state index in [0.29, 0.717) is 12.7 Å². The van der Waals surface area contributed by atoms with Crippen molar-refractivity contribution in [1.29, 1.82) is 0 Å². The molecule has 0 aromatic rings. The van der Waals surface area contributed by atoms with Crippen molar-refractivity contribution in [2.45, 2.75) is 64.9 Å². The van der Waals surface area contributed by atoms with E-state index in [0.717, 1.165) is 51.4 Å². The van der Waals surface area contributed by atoms with Crippen LogP contribution in [0.4, 0.5) is 0 Å². The number of piperidine rings is 1. The van der Waals surface area contributed by atoms with Crippen LogP contribution in [-0.4, -0.2) is 49.0 Å². The summed E-state index contributed by atoms with van der Waals surface area (Å²) in [4.78, 5) is 2.51. The SMILES string of the molecule is CCC1(CO)CCN(CCOC2CCCCC2C)CC1. The average Bonchev–Trinajstić information content (AvgIpc) is 2.50. The van der Waals surface area contributed by atoms with Gasteiger partial charge in [0.2, 0.25) is 0 Å². The van der Waals surface area contributed by atoms with E-state index in [2.05, 4.69) is 18.7 Å². The normalized spacial score (nSPS) is 31.4. The summed E-state index contributed by atoms with van der Waals surface area (Å²) in [6, 6.07) is 0. The van der Waals surface area contributed by atoms with Gasteiger partial charge in [-0.3, -0.25) is 0 Å². The first-order valence-corrected chi connectivity index (χ1v) is 8.64. The van der Waals surface area contributed by atoms with E-state index in [1.807, 2.05) is 0 Å². The molecule has 0 spiro atoms. The van der Waals surface area contributed by atoms with Crippen molar-refractivity contribution >= 4 is 0 Å². The molecular weight excluding hydrogens is 250 g/mol. The zero-order chi connectivity index (χ0) is 14.4. The first kappa shape index (κ1) is 16.3. The summed E-state index contributed by atoms with van der Waals surface area (Å²) in [7, 11) is 0. The van der Waals surface area contributed by atoms with Crippen molar-refractivity contribution in [3.05, 3.63) is 0 Å². The molecule has 2 fully saturated rings. The van der Waals surface area contributed by atoms with Gasteiger partial charge in [-0.1, -0.05) is 26.7 Å². The maximum Gasteiger partial charge on any atom is 0.0601 e. The van der Waals surface area contributed by atoms with Gasteiger partial charge in [0.05, 0.1) is 12.7 Å². The number of aliphatic hydroxyl groups excluding tert-OH is 1. The lowest BCUT2D eigenvalue weighted by molar-refractivity contribution is -0.0241. The summed E-state index contributed by atoms with van der Waals surface area (Å²) in [6.45, 7) is 9.09. The van der Waals surface area contributed by atoms with Gasteiger partial charge < -0.3 is 14.7 Å². The summed E-state index contributed by atoms with van der Waals surface area (Å²) in [5.41, 5.74) is 0.204. The van der Waals surface area contributed by atoms with Crippen molar-refractivity contribution in [2.24, 2.45) is 11.3 Å². The molecule has 0 amide bonds. The molecule has 0 aromatic carbocycles. The lowest BCUT2D eigenvalue weighted by Crippen LogP contribution is -2.43. The molecule has 1 N–H and O–H groups in total. The van der Waals surface area contributed by atoms with Crippen molar-refractivity contribution in [3.8, 4) is 0 Å². The van der Waals surface area contributed by atoms with E-state index >= 15 is 0 Å². The van der Waals surface area contributed by atoms with Gasteiger partial charge in [0.15, 0.2) is 0 Å². The summed E-state index contributed by atoms with van der Waals surface area (Å²) < 4.78 is 6.11. The Morgan fingerprint density at radius 3 is 2.50 bits per heavy atom. The lowest BCUT2D eigenvalue weighted by Gasteiger charge is -2.40. The zero-order valence-corrected chi connectivity index (χ0v) is 13.4. The standard InChI is InChI=1S/C17H33NO2/c1-3-17(14-19)8-10-18(11-9-17)12-13-20-16-7-5-4-6-15(16)2/h15-16,19H,3-14H2,1-2H3. The molecule has 3 heteroatoms. The Hall–Kier alpha value is -0.120. The van der Waals surface area contributed by atoms with E-state index in [9.17, 15) is 5.11 Å². The molecule has 0 bridgehead atoms. The molecule has 3 nitrogen and oxygen atoms in total. The van der Waals surface area contributed by atoms with Crippen molar-refractivity contribution in [1.82, 2.24) is 4.90 Å². The third kappa shape index (κ3) is 4.19. The van der Waals surface area contributed by atoms with E-state index in [4.69, 9.17) is 4.74 Å². The third-order valence-electron chi connectivity index (χ3n) is 5.77. The highest BCUT2D eigenvalue weighted by Gasteiger charge is 2.32. The molecular formula is C17H33NO2. The van der Waals surface area contributed by atoms with E-state index in [-0.39, 0.29) is 5.41 Å². The lowest BCUT2D eigenvalue weighted by atomic mass is 9.77. The van der Waals surface area contributed by atoms with Gasteiger partial charge in [-0.2, -0.15) is 0 Å². The molecule has 2 unspecified atom stereocenters. The van der Waals surface area contributed by atoms with Crippen LogP contribution in [0.25, 0.3) is 0 Å². The molecule has 1 aliphatic heterocycles. The van der Waals surface area contributed by atoms with Gasteiger partial charge in [-0.05, 0) is 56.5 Å². The first-order valence-electron chi connectivity index (χ1n) is 8.64. The topological polar surface area (TPSA) is 32.7 Å². The van der Waals surface area contributed by atoms with Crippen LogP contribution in [-0.2, 0) is 4.74 Å². The number of likely N-dealkylation sites (tertiary alicyclic amines) is 1. The molecule has 2 rings (SSSR count). The largest absolute Gasteiger partial charge is 0.396 e. The maximum atomic E-state index is 9.56. The number of hydrogen-bond donors (Lipinski definition) is 1. The van der Waals surface area contributed by atoms with Crippen LogP contribution in [0.2, 0.25) is 0 Å². The van der Waals surface area contributed by atoms with Gasteiger partial charge in [0.25, 0.3) is 0 Å². The Morgan fingerprint density at radius 1 is 1.20 bits per heavy atom. The predicted molar refractivity (Wildman–Crippen MR) is 82.9 cm³/mol. The molecule has 1 saturated carbocycles. The van der Waals surface area contributed by atoms with Crippen LogP contribution in [0.5, 0.6) is 0 Å². The number of hydrogen-bond acceptors (Lipinski definition) is 3. The molecule has 0 radical (unpaired) electrons. The number of nitrogens with zero attached hydrogens (tertiary/aromatic N) is 1. The highest BCUT2D eigenvalue weighted by atomic mass is 16.5. The van der Waals surface area contributed by atoms with E-state index < -0.39 is 0 Å². The second-order valence-electron chi connectivity index (χ2n) is 7.02. The minimum Gasteiger partial charge on any atom is -0.396 e. The van der Waals surface area contributed by atoms with Crippen LogP contribution >= 0.6 is 0 Å². The molecule has 118 valence electrons. The molecule has 2 aliphatic rings. The van der Waals surface area contributed by atoms with Crippen molar-refractivity contribution in [3.63, 3.8) is 0 Å². The molecule has 1 aliphatic carbocycles. The van der Waals surface area contributed by atoms with Crippen molar-refractivity contribution < 1.29 is 9.84 Å². The minimum atomic E-state index is 0.204. The Morgan fingerprint density at radius 2 is 1.90 bits per heavy atom. The minimum absolute atomic E-state index is 0.204. The van der Waals surface area contributed by atoms with E-state index in [1.54, 1.807) is 0 Å². The van der Waals surface area contributed by atoms with E-state index in [1.165, 1.54) is 25.7 Å². The van der Waals surface area contributed by atoms with Gasteiger partial charge >= 0.3 is 0 Å². The molecule has 1 heterocycles. The highest BCUT2D eigenvalue weighted by molar-refractivity contribution is 4.84. The average molecular weight is 283 g/mol. The molecule has 1 saturated heterocycles. The third-order valence-corrected chi connectivity index (χ3v) is 5.77. The van der Waals surface area contributed by atoms with Gasteiger partial charge in [0.1, 0.15) is 0 Å². The Labute approximate surface area is 124 Å². The van der Waals surface area contributed by atoms with Gasteiger partial charge in [-0.15, -0.1) is 0 Å². The second kappa shape index (κ2) is 7.77. The van der Waals surface area contributed by atoms with Gasteiger partial charge in [0, 0.05) is 13.2 Å². The summed E-state index contributed by atoms with van der Waals surface area (Å²) in [5, 5.41) is 9.56. The maximum absolute atomic E-state index is 9.56.